The van der Waals surface area contributed by atoms with Crippen molar-refractivity contribution in [1.29, 1.82) is 0 Å². The van der Waals surface area contributed by atoms with Crippen molar-refractivity contribution < 1.29 is 5.11 Å². The Bertz CT molecular complexity index is 431. The van der Waals surface area contributed by atoms with Crippen molar-refractivity contribution in [2.45, 2.75) is 6.54 Å². The summed E-state index contributed by atoms with van der Waals surface area (Å²) in [4.78, 5) is 5.57. The molecule has 1 heterocycles. The molecule has 0 saturated carbocycles. The van der Waals surface area contributed by atoms with Crippen LogP contribution in [0.1, 0.15) is 10.4 Å². The second kappa shape index (κ2) is 4.75. The molecule has 2 rings (SSSR count). The summed E-state index contributed by atoms with van der Waals surface area (Å²) in [5.41, 5.74) is 1.00. The van der Waals surface area contributed by atoms with Crippen LogP contribution < -0.4 is 0 Å². The van der Waals surface area contributed by atoms with Gasteiger partial charge in [-0.15, -0.1) is 11.3 Å². The van der Waals surface area contributed by atoms with Gasteiger partial charge in [-0.1, -0.05) is 6.07 Å². The molecule has 1 N–H and O–H groups in total. The van der Waals surface area contributed by atoms with E-state index in [1.807, 2.05) is 29.8 Å². The van der Waals surface area contributed by atoms with Crippen molar-refractivity contribution in [1.82, 2.24) is 0 Å². The van der Waals surface area contributed by atoms with Crippen molar-refractivity contribution in [3.05, 3.63) is 52.2 Å². The second-order valence-electron chi connectivity index (χ2n) is 3.14. The molecule has 0 unspecified atom stereocenters. The lowest BCUT2D eigenvalue weighted by molar-refractivity contribution is 0.475. The smallest absolute Gasteiger partial charge is 0.115 e. The first-order valence-electron chi connectivity index (χ1n) is 4.66. The molecule has 0 aliphatic heterocycles. The van der Waals surface area contributed by atoms with Crippen LogP contribution in [0, 0.1) is 0 Å². The van der Waals surface area contributed by atoms with Crippen LogP contribution in [0.2, 0.25) is 0 Å². The number of phenolic OH excluding ortho intramolecular Hbond substituents is 1. The molecule has 0 amide bonds. The van der Waals surface area contributed by atoms with Gasteiger partial charge in [-0.05, 0) is 41.3 Å². The van der Waals surface area contributed by atoms with Gasteiger partial charge in [-0.25, -0.2) is 0 Å². The molecule has 0 atom stereocenters. The zero-order valence-corrected chi connectivity index (χ0v) is 8.95. The molecule has 3 heteroatoms. The third-order valence-electron chi connectivity index (χ3n) is 1.96. The molecule has 15 heavy (non-hydrogen) atoms. The third-order valence-corrected chi connectivity index (χ3v) is 2.82. The van der Waals surface area contributed by atoms with E-state index in [1.54, 1.807) is 23.5 Å². The van der Waals surface area contributed by atoms with Crippen LogP contribution >= 0.6 is 11.3 Å². The number of aromatic hydroxyl groups is 1. The Balaban J connectivity index is 1.97. The minimum Gasteiger partial charge on any atom is -0.508 e. The number of hydrogen-bond acceptors (Lipinski definition) is 3. The van der Waals surface area contributed by atoms with Gasteiger partial charge in [0.15, 0.2) is 0 Å². The molecule has 1 aromatic carbocycles. The summed E-state index contributed by atoms with van der Waals surface area (Å²) in [6.45, 7) is 0.721. The van der Waals surface area contributed by atoms with Gasteiger partial charge in [-0.3, -0.25) is 4.99 Å². The predicted octanol–water partition coefficient (Wildman–Crippen LogP) is 3.07. The number of hydrogen-bond donors (Lipinski definition) is 1. The Morgan fingerprint density at radius 1 is 1.20 bits per heavy atom. The molecule has 0 fully saturated rings. The molecule has 0 aliphatic rings. The Morgan fingerprint density at radius 2 is 2.00 bits per heavy atom. The highest BCUT2D eigenvalue weighted by atomic mass is 32.1. The normalized spacial score (nSPS) is 10.9. The van der Waals surface area contributed by atoms with Gasteiger partial charge < -0.3 is 5.11 Å². The fourth-order valence-electron chi connectivity index (χ4n) is 1.20. The van der Waals surface area contributed by atoms with E-state index in [2.05, 4.69) is 11.1 Å². The average molecular weight is 217 g/mol. The van der Waals surface area contributed by atoms with Crippen molar-refractivity contribution in [2.75, 3.05) is 0 Å². The SMILES string of the molecule is Oc1ccc(C=NCc2cccs2)cc1. The second-order valence-corrected chi connectivity index (χ2v) is 4.17. The summed E-state index contributed by atoms with van der Waals surface area (Å²) < 4.78 is 0. The highest BCUT2D eigenvalue weighted by molar-refractivity contribution is 7.09. The molecular weight excluding hydrogens is 206 g/mol. The van der Waals surface area contributed by atoms with Crippen molar-refractivity contribution in [3.8, 4) is 5.75 Å². The minimum atomic E-state index is 0.283. The van der Waals surface area contributed by atoms with Crippen molar-refractivity contribution in [3.63, 3.8) is 0 Å². The predicted molar refractivity (Wildman–Crippen MR) is 63.7 cm³/mol. The van der Waals surface area contributed by atoms with E-state index in [0.717, 1.165) is 12.1 Å². The number of thiophene rings is 1. The summed E-state index contributed by atoms with van der Waals surface area (Å²) in [7, 11) is 0. The average Bonchev–Trinajstić information content (AvgIpc) is 2.74. The van der Waals surface area contributed by atoms with Gasteiger partial charge >= 0.3 is 0 Å². The molecule has 0 aliphatic carbocycles. The summed E-state index contributed by atoms with van der Waals surface area (Å²) >= 11 is 1.71. The maximum atomic E-state index is 9.09. The van der Waals surface area contributed by atoms with Crippen LogP contribution in [0.5, 0.6) is 5.75 Å². The number of nitrogens with zero attached hydrogens (tertiary/aromatic N) is 1. The number of benzene rings is 1. The molecule has 2 aromatic rings. The molecule has 76 valence electrons. The minimum absolute atomic E-state index is 0.283. The summed E-state index contributed by atoms with van der Waals surface area (Å²) in [5.74, 6) is 0.283. The van der Waals surface area contributed by atoms with Crippen LogP contribution in [0.25, 0.3) is 0 Å². The lowest BCUT2D eigenvalue weighted by atomic mass is 10.2. The van der Waals surface area contributed by atoms with E-state index in [-0.39, 0.29) is 5.75 Å². The Kier molecular flexibility index (Phi) is 3.15. The summed E-state index contributed by atoms with van der Waals surface area (Å²) in [6.07, 6.45) is 1.82. The molecule has 0 saturated heterocycles. The zero-order chi connectivity index (χ0) is 10.5. The van der Waals surface area contributed by atoms with Gasteiger partial charge in [0.1, 0.15) is 5.75 Å². The Labute approximate surface area is 92.5 Å². The van der Waals surface area contributed by atoms with E-state index in [0.29, 0.717) is 0 Å². The Hall–Kier alpha value is -1.61. The molecule has 0 bridgehead atoms. The fourth-order valence-corrected chi connectivity index (χ4v) is 1.84. The van der Waals surface area contributed by atoms with Crippen molar-refractivity contribution in [2.24, 2.45) is 4.99 Å². The third kappa shape index (κ3) is 2.92. The number of rotatable bonds is 3. The van der Waals surface area contributed by atoms with E-state index in [1.165, 1.54) is 4.88 Å². The summed E-state index contributed by atoms with van der Waals surface area (Å²) in [6, 6.07) is 11.1. The van der Waals surface area contributed by atoms with Crippen LogP contribution in [0.3, 0.4) is 0 Å². The number of aliphatic imine (C=N–C) groups is 1. The molecule has 0 radical (unpaired) electrons. The van der Waals surface area contributed by atoms with E-state index in [9.17, 15) is 0 Å². The molecular formula is C12H11NOS. The standard InChI is InChI=1S/C12H11NOS/c14-11-5-3-10(4-6-11)8-13-9-12-2-1-7-15-12/h1-8,14H,9H2. The quantitative estimate of drug-likeness (QED) is 0.787. The fraction of sp³-hybridized carbons (Fsp3) is 0.0833. The Morgan fingerprint density at radius 3 is 2.67 bits per heavy atom. The van der Waals surface area contributed by atoms with Gasteiger partial charge in [0.25, 0.3) is 0 Å². The van der Waals surface area contributed by atoms with Crippen LogP contribution in [-0.2, 0) is 6.54 Å². The van der Waals surface area contributed by atoms with Gasteiger partial charge in [0.05, 0.1) is 6.54 Å². The highest BCUT2D eigenvalue weighted by Crippen LogP contribution is 2.10. The van der Waals surface area contributed by atoms with E-state index in [4.69, 9.17) is 5.11 Å². The van der Waals surface area contributed by atoms with Crippen LogP contribution in [0.4, 0.5) is 0 Å². The van der Waals surface area contributed by atoms with Crippen molar-refractivity contribution >= 4 is 17.6 Å². The van der Waals surface area contributed by atoms with Gasteiger partial charge in [0.2, 0.25) is 0 Å². The largest absolute Gasteiger partial charge is 0.508 e. The highest BCUT2D eigenvalue weighted by Gasteiger charge is 1.90. The molecule has 2 nitrogen and oxygen atoms in total. The first-order chi connectivity index (χ1) is 7.34. The van der Waals surface area contributed by atoms with E-state index < -0.39 is 0 Å². The lowest BCUT2D eigenvalue weighted by Crippen LogP contribution is -1.81. The van der Waals surface area contributed by atoms with Gasteiger partial charge in [0, 0.05) is 11.1 Å². The topological polar surface area (TPSA) is 32.6 Å². The van der Waals surface area contributed by atoms with Crippen LogP contribution in [-0.4, -0.2) is 11.3 Å². The monoisotopic (exact) mass is 217 g/mol. The zero-order valence-electron chi connectivity index (χ0n) is 8.13. The van der Waals surface area contributed by atoms with Gasteiger partial charge in [-0.2, -0.15) is 0 Å². The first kappa shape index (κ1) is 9.93. The first-order valence-corrected chi connectivity index (χ1v) is 5.54. The molecule has 1 aromatic heterocycles. The maximum absolute atomic E-state index is 9.09. The molecule has 0 spiro atoms. The maximum Gasteiger partial charge on any atom is 0.115 e. The van der Waals surface area contributed by atoms with Crippen LogP contribution in [0.15, 0.2) is 46.8 Å². The summed E-state index contributed by atoms with van der Waals surface area (Å²) in [5, 5.41) is 11.1. The lowest BCUT2D eigenvalue weighted by Gasteiger charge is -1.93. The number of phenols is 1. The van der Waals surface area contributed by atoms with E-state index >= 15 is 0 Å².